The first-order valence-corrected chi connectivity index (χ1v) is 24.5. The normalized spacial score (nSPS) is 13.8. The molecule has 10 heteroatoms. The van der Waals surface area contributed by atoms with Crippen molar-refractivity contribution in [2.45, 2.75) is 213 Å². The Bertz CT molecular complexity index is 1010. The Kier molecular flexibility index (Phi) is 37.9. The van der Waals surface area contributed by atoms with Crippen LogP contribution in [0.1, 0.15) is 206 Å². The zero-order chi connectivity index (χ0) is 41.4. The molecular formula is C46H88NO8P. The second-order valence-electron chi connectivity index (χ2n) is 16.8. The van der Waals surface area contributed by atoms with Crippen molar-refractivity contribution in [1.29, 1.82) is 0 Å². The van der Waals surface area contributed by atoms with Gasteiger partial charge in [0.05, 0.1) is 27.7 Å². The summed E-state index contributed by atoms with van der Waals surface area (Å²) in [4.78, 5) is 37.6. The lowest BCUT2D eigenvalue weighted by atomic mass is 10.0. The van der Waals surface area contributed by atoms with Crippen LogP contribution in [0.4, 0.5) is 0 Å². The summed E-state index contributed by atoms with van der Waals surface area (Å²) in [7, 11) is 1.16. The number of rotatable bonds is 42. The number of hydrogen-bond acceptors (Lipinski definition) is 8. The highest BCUT2D eigenvalue weighted by Gasteiger charge is 2.21. The molecule has 2 atom stereocenters. The molecule has 0 heterocycles. The number of ether oxygens (including phenoxy) is 2. The van der Waals surface area contributed by atoms with Crippen molar-refractivity contribution in [3.8, 4) is 0 Å². The van der Waals surface area contributed by atoms with E-state index in [1.165, 1.54) is 116 Å². The van der Waals surface area contributed by atoms with Gasteiger partial charge in [-0.3, -0.25) is 14.2 Å². The van der Waals surface area contributed by atoms with E-state index in [-0.39, 0.29) is 26.1 Å². The smallest absolute Gasteiger partial charge is 0.306 e. The summed E-state index contributed by atoms with van der Waals surface area (Å²) in [5.74, 6) is -0.844. The van der Waals surface area contributed by atoms with E-state index in [9.17, 15) is 19.0 Å². The van der Waals surface area contributed by atoms with E-state index in [2.05, 4.69) is 38.2 Å². The fourth-order valence-corrected chi connectivity index (χ4v) is 7.08. The van der Waals surface area contributed by atoms with Crippen LogP contribution >= 0.6 is 7.82 Å². The average Bonchev–Trinajstić information content (AvgIpc) is 3.15. The maximum absolute atomic E-state index is 12.7. The first-order valence-electron chi connectivity index (χ1n) is 23.1. The highest BCUT2D eigenvalue weighted by molar-refractivity contribution is 7.45. The number of allylic oxidation sites excluding steroid dienone is 4. The Hall–Kier alpha value is -1.51. The number of carbonyl (C=O) groups is 2. The van der Waals surface area contributed by atoms with E-state index in [0.29, 0.717) is 23.9 Å². The molecule has 0 saturated carbocycles. The van der Waals surface area contributed by atoms with Gasteiger partial charge in [0.1, 0.15) is 19.8 Å². The Morgan fingerprint density at radius 1 is 0.554 bits per heavy atom. The van der Waals surface area contributed by atoms with Crippen LogP contribution in [-0.4, -0.2) is 70.0 Å². The quantitative estimate of drug-likeness (QED) is 0.0197. The predicted molar refractivity (Wildman–Crippen MR) is 231 cm³/mol. The van der Waals surface area contributed by atoms with Crippen LogP contribution in [0.15, 0.2) is 24.3 Å². The van der Waals surface area contributed by atoms with E-state index < -0.39 is 32.5 Å². The lowest BCUT2D eigenvalue weighted by molar-refractivity contribution is -0.870. The van der Waals surface area contributed by atoms with Gasteiger partial charge in [-0.1, -0.05) is 179 Å². The lowest BCUT2D eigenvalue weighted by Crippen LogP contribution is -2.37. The van der Waals surface area contributed by atoms with E-state index >= 15 is 0 Å². The van der Waals surface area contributed by atoms with Gasteiger partial charge in [0.25, 0.3) is 7.82 Å². The fourth-order valence-electron chi connectivity index (χ4n) is 6.35. The summed E-state index contributed by atoms with van der Waals surface area (Å²) in [6.45, 7) is 4.21. The minimum atomic E-state index is -4.62. The summed E-state index contributed by atoms with van der Waals surface area (Å²) in [6, 6.07) is 0. The lowest BCUT2D eigenvalue weighted by Gasteiger charge is -2.28. The minimum absolute atomic E-state index is 0.0314. The molecule has 0 aliphatic heterocycles. The predicted octanol–water partition coefficient (Wildman–Crippen LogP) is 12.5. The largest absolute Gasteiger partial charge is 0.756 e. The first kappa shape index (κ1) is 54.5. The third kappa shape index (κ3) is 42.1. The topological polar surface area (TPSA) is 111 Å². The summed E-state index contributed by atoms with van der Waals surface area (Å²) in [5.41, 5.74) is 0. The summed E-state index contributed by atoms with van der Waals surface area (Å²) in [5, 5.41) is 0. The molecule has 0 bridgehead atoms. The summed E-state index contributed by atoms with van der Waals surface area (Å²) < 4.78 is 33.9. The van der Waals surface area contributed by atoms with Crippen LogP contribution in [-0.2, 0) is 32.7 Å². The number of carbonyl (C=O) groups excluding carboxylic acids is 2. The van der Waals surface area contributed by atoms with E-state index in [4.69, 9.17) is 18.5 Å². The van der Waals surface area contributed by atoms with E-state index in [1.807, 2.05) is 21.1 Å². The van der Waals surface area contributed by atoms with Crippen LogP contribution in [0.3, 0.4) is 0 Å². The van der Waals surface area contributed by atoms with Gasteiger partial charge in [-0.15, -0.1) is 0 Å². The molecule has 0 aliphatic carbocycles. The summed E-state index contributed by atoms with van der Waals surface area (Å²) in [6.07, 6.45) is 42.0. The zero-order valence-corrected chi connectivity index (χ0v) is 38.0. The molecule has 0 rings (SSSR count). The maximum atomic E-state index is 12.7. The first-order chi connectivity index (χ1) is 27.0. The van der Waals surface area contributed by atoms with Crippen LogP contribution in [0.5, 0.6) is 0 Å². The molecule has 0 aliphatic rings. The number of phosphoric ester groups is 1. The van der Waals surface area contributed by atoms with E-state index in [0.717, 1.165) is 51.4 Å². The van der Waals surface area contributed by atoms with E-state index in [1.54, 1.807) is 0 Å². The molecule has 0 radical (unpaired) electrons. The van der Waals surface area contributed by atoms with Gasteiger partial charge in [-0.2, -0.15) is 0 Å². The third-order valence-corrected chi connectivity index (χ3v) is 11.0. The standard InChI is InChI=1S/C46H88NO8P/c1-6-8-10-12-14-16-18-20-22-23-25-27-29-31-33-35-37-39-46(49)55-44(43-54-56(50,51)53-41-40-47(3,4)5)42-52-45(48)38-36-34-32-30-28-26-24-21-19-17-15-13-11-9-7-2/h17,19,21,24,44H,6-16,18,20,22-23,25-43H2,1-5H3/b19-17+,24-21+/t44-/m1/s1. The molecule has 1 unspecified atom stereocenters. The molecule has 0 aromatic heterocycles. The van der Waals surface area contributed by atoms with Crippen LogP contribution < -0.4 is 4.89 Å². The maximum Gasteiger partial charge on any atom is 0.306 e. The number of likely N-dealkylation sites (N-methyl/N-ethyl adjacent to an activating group) is 1. The molecule has 9 nitrogen and oxygen atoms in total. The molecule has 0 saturated heterocycles. The average molecular weight is 814 g/mol. The van der Waals surface area contributed by atoms with Crippen molar-refractivity contribution >= 4 is 19.8 Å². The van der Waals surface area contributed by atoms with Crippen molar-refractivity contribution in [2.24, 2.45) is 0 Å². The third-order valence-electron chi connectivity index (χ3n) is 10.0. The number of phosphoric acid groups is 1. The molecule has 0 amide bonds. The van der Waals surface area contributed by atoms with Crippen molar-refractivity contribution in [1.82, 2.24) is 0 Å². The van der Waals surface area contributed by atoms with Crippen LogP contribution in [0.25, 0.3) is 0 Å². The van der Waals surface area contributed by atoms with Gasteiger partial charge in [0, 0.05) is 12.8 Å². The Balaban J connectivity index is 4.33. The van der Waals surface area contributed by atoms with Gasteiger partial charge in [-0.25, -0.2) is 0 Å². The van der Waals surface area contributed by atoms with Crippen molar-refractivity contribution in [2.75, 3.05) is 47.5 Å². The molecular weight excluding hydrogens is 725 g/mol. The van der Waals surface area contributed by atoms with Crippen LogP contribution in [0.2, 0.25) is 0 Å². The van der Waals surface area contributed by atoms with Crippen LogP contribution in [0, 0.1) is 0 Å². The number of esters is 2. The van der Waals surface area contributed by atoms with Crippen molar-refractivity contribution in [3.63, 3.8) is 0 Å². The highest BCUT2D eigenvalue weighted by Crippen LogP contribution is 2.38. The second kappa shape index (κ2) is 39.0. The number of unbranched alkanes of at least 4 members (excludes halogenated alkanes) is 25. The van der Waals surface area contributed by atoms with Gasteiger partial charge in [-0.05, 0) is 38.5 Å². The van der Waals surface area contributed by atoms with Gasteiger partial charge < -0.3 is 27.9 Å². The Labute approximate surface area is 345 Å². The molecule has 330 valence electrons. The number of hydrogen-bond donors (Lipinski definition) is 0. The number of nitrogens with zero attached hydrogens (tertiary/aromatic N) is 1. The molecule has 0 aromatic rings. The molecule has 56 heavy (non-hydrogen) atoms. The number of quaternary nitrogens is 1. The van der Waals surface area contributed by atoms with Gasteiger partial charge in [0.2, 0.25) is 0 Å². The monoisotopic (exact) mass is 814 g/mol. The van der Waals surface area contributed by atoms with Crippen molar-refractivity contribution < 1.29 is 42.1 Å². The minimum Gasteiger partial charge on any atom is -0.756 e. The molecule has 0 fully saturated rings. The summed E-state index contributed by atoms with van der Waals surface area (Å²) >= 11 is 0. The highest BCUT2D eigenvalue weighted by atomic mass is 31.2. The molecule has 0 spiro atoms. The SMILES string of the molecule is CCCCCC/C=C/C=C/CCCCCCCC(=O)OC[C@H](COP(=O)([O-])OCC[N+](C)(C)C)OC(=O)CCCCCCCCCCCCCCCCCCC. The van der Waals surface area contributed by atoms with Crippen molar-refractivity contribution in [3.05, 3.63) is 24.3 Å². The Morgan fingerprint density at radius 2 is 0.946 bits per heavy atom. The zero-order valence-electron chi connectivity index (χ0n) is 37.1. The molecule has 0 N–H and O–H groups in total. The molecule has 0 aromatic carbocycles. The van der Waals surface area contributed by atoms with Gasteiger partial charge >= 0.3 is 11.9 Å². The van der Waals surface area contributed by atoms with Gasteiger partial charge in [0.15, 0.2) is 6.10 Å². The fraction of sp³-hybridized carbons (Fsp3) is 0.870. The Morgan fingerprint density at radius 3 is 1.39 bits per heavy atom. The second-order valence-corrected chi connectivity index (χ2v) is 18.2.